The van der Waals surface area contributed by atoms with Crippen LogP contribution in [0.4, 0.5) is 0 Å². The van der Waals surface area contributed by atoms with Crippen LogP contribution in [0.1, 0.15) is 137 Å². The van der Waals surface area contributed by atoms with E-state index < -0.39 is 6.04 Å². The normalized spacial score (nSPS) is 19.1. The van der Waals surface area contributed by atoms with Crippen molar-refractivity contribution in [2.24, 2.45) is 11.8 Å². The molecule has 1 unspecified atom stereocenters. The molecule has 1 saturated heterocycles. The highest BCUT2D eigenvalue weighted by atomic mass is 16.6. The van der Waals surface area contributed by atoms with Crippen LogP contribution in [0.25, 0.3) is 0 Å². The van der Waals surface area contributed by atoms with Crippen LogP contribution in [-0.2, 0) is 23.9 Å². The number of carbonyl (C=O) groups excluding carboxylic acids is 3. The van der Waals surface area contributed by atoms with E-state index in [0.717, 1.165) is 38.5 Å². The van der Waals surface area contributed by atoms with Crippen molar-refractivity contribution in [3.8, 4) is 0 Å². The van der Waals surface area contributed by atoms with Crippen LogP contribution in [0.2, 0.25) is 0 Å². The number of unbranched alkanes of at least 4 members (excludes halogenated alkanes) is 11. The molecule has 6 nitrogen and oxygen atoms in total. The minimum atomic E-state index is -0.632. The largest absolute Gasteiger partial charge is 0.461 e. The summed E-state index contributed by atoms with van der Waals surface area (Å²) in [6.07, 6.45) is 18.5. The average Bonchev–Trinajstić information content (AvgIpc) is 2.81. The van der Waals surface area contributed by atoms with Gasteiger partial charge < -0.3 is 14.8 Å². The van der Waals surface area contributed by atoms with Gasteiger partial charge in [0, 0.05) is 6.42 Å². The van der Waals surface area contributed by atoms with Gasteiger partial charge in [0.05, 0.1) is 5.92 Å². The highest BCUT2D eigenvalue weighted by molar-refractivity contribution is 5.79. The molecule has 0 saturated carbocycles. The van der Waals surface area contributed by atoms with Crippen molar-refractivity contribution in [3.63, 3.8) is 0 Å². The Balaban J connectivity index is 2.58. The van der Waals surface area contributed by atoms with Crippen molar-refractivity contribution in [1.29, 1.82) is 0 Å². The molecule has 1 aliphatic heterocycles. The predicted molar refractivity (Wildman–Crippen MR) is 141 cm³/mol. The van der Waals surface area contributed by atoms with Crippen LogP contribution in [0.3, 0.4) is 0 Å². The number of hydrogen-bond donors (Lipinski definition) is 1. The molecule has 0 aromatic carbocycles. The second-order valence-electron chi connectivity index (χ2n) is 10.8. The van der Waals surface area contributed by atoms with E-state index in [-0.39, 0.29) is 36.0 Å². The van der Waals surface area contributed by atoms with E-state index in [1.54, 1.807) is 0 Å². The third-order valence-corrected chi connectivity index (χ3v) is 7.06. The van der Waals surface area contributed by atoms with Crippen molar-refractivity contribution >= 4 is 18.3 Å². The summed E-state index contributed by atoms with van der Waals surface area (Å²) in [4.78, 5) is 36.0. The fraction of sp³-hybridized carbons (Fsp3) is 0.897. The summed E-state index contributed by atoms with van der Waals surface area (Å²) in [6, 6.07) is -0.632. The number of amides is 1. The number of carbonyl (C=O) groups is 3. The van der Waals surface area contributed by atoms with E-state index in [9.17, 15) is 14.4 Å². The highest BCUT2D eigenvalue weighted by Gasteiger charge is 2.43. The monoisotopic (exact) mass is 495 g/mol. The number of nitrogens with one attached hydrogen (secondary N) is 1. The Hall–Kier alpha value is -1.59. The molecule has 1 heterocycles. The molecule has 0 aromatic heterocycles. The van der Waals surface area contributed by atoms with E-state index in [0.29, 0.717) is 19.3 Å². The first-order valence-corrected chi connectivity index (χ1v) is 14.5. The van der Waals surface area contributed by atoms with Crippen molar-refractivity contribution in [1.82, 2.24) is 5.32 Å². The highest BCUT2D eigenvalue weighted by Crippen LogP contribution is 2.32. The van der Waals surface area contributed by atoms with E-state index in [1.807, 2.05) is 13.8 Å². The number of hydrogen-bond acceptors (Lipinski definition) is 5. The molecule has 0 aromatic rings. The van der Waals surface area contributed by atoms with Gasteiger partial charge in [-0.15, -0.1) is 0 Å². The molecule has 0 radical (unpaired) electrons. The summed E-state index contributed by atoms with van der Waals surface area (Å²) in [6.45, 7) is 8.45. The Kier molecular flexibility index (Phi) is 17.6. The molecule has 0 aliphatic carbocycles. The van der Waals surface area contributed by atoms with Gasteiger partial charge in [-0.3, -0.25) is 9.59 Å². The molecular formula is C29H53NO5. The lowest BCUT2D eigenvalue weighted by Gasteiger charge is -2.37. The maximum absolute atomic E-state index is 12.9. The average molecular weight is 496 g/mol. The van der Waals surface area contributed by atoms with Crippen LogP contribution in [0.15, 0.2) is 0 Å². The molecule has 0 bridgehead atoms. The van der Waals surface area contributed by atoms with E-state index in [2.05, 4.69) is 19.2 Å². The first-order chi connectivity index (χ1) is 16.9. The third-order valence-electron chi connectivity index (χ3n) is 7.06. The fourth-order valence-electron chi connectivity index (χ4n) is 4.90. The van der Waals surface area contributed by atoms with Crippen LogP contribution in [0, 0.1) is 11.8 Å². The third kappa shape index (κ3) is 13.9. The fourth-order valence-corrected chi connectivity index (χ4v) is 4.90. The van der Waals surface area contributed by atoms with E-state index >= 15 is 0 Å². The minimum Gasteiger partial charge on any atom is -0.461 e. The van der Waals surface area contributed by atoms with Gasteiger partial charge in [0.1, 0.15) is 18.2 Å². The van der Waals surface area contributed by atoms with Crippen molar-refractivity contribution in [2.45, 2.75) is 155 Å². The zero-order valence-corrected chi connectivity index (χ0v) is 23.0. The van der Waals surface area contributed by atoms with Gasteiger partial charge in [0.15, 0.2) is 0 Å². The lowest BCUT2D eigenvalue weighted by molar-refractivity contribution is -0.190. The Morgan fingerprint density at radius 2 is 1.51 bits per heavy atom. The topological polar surface area (TPSA) is 81.7 Å². The van der Waals surface area contributed by atoms with E-state index in [1.165, 1.54) is 57.8 Å². The second kappa shape index (κ2) is 19.6. The molecule has 1 amide bonds. The first kappa shape index (κ1) is 31.4. The smallest absolute Gasteiger partial charge is 0.328 e. The summed E-state index contributed by atoms with van der Waals surface area (Å²) in [5.41, 5.74) is 0. The Labute approximate surface area is 214 Å². The maximum Gasteiger partial charge on any atom is 0.328 e. The lowest BCUT2D eigenvalue weighted by atomic mass is 9.86. The SMILES string of the molecule is CCCCCCCCCCC[C@@H](CC1OC(=O)[C@H]1CCCCCC)OC(=O)[C@@H](CC(C)C)NC=O. The van der Waals surface area contributed by atoms with Gasteiger partial charge in [-0.1, -0.05) is 105 Å². The Morgan fingerprint density at radius 1 is 0.943 bits per heavy atom. The van der Waals surface area contributed by atoms with Crippen LogP contribution in [0.5, 0.6) is 0 Å². The van der Waals surface area contributed by atoms with Gasteiger partial charge in [-0.25, -0.2) is 4.79 Å². The molecule has 6 heteroatoms. The second-order valence-corrected chi connectivity index (χ2v) is 10.8. The zero-order chi connectivity index (χ0) is 25.9. The Morgan fingerprint density at radius 3 is 2.06 bits per heavy atom. The van der Waals surface area contributed by atoms with E-state index in [4.69, 9.17) is 9.47 Å². The number of cyclic esters (lactones) is 1. The number of rotatable bonds is 23. The number of ether oxygens (including phenoxy) is 2. The van der Waals surface area contributed by atoms with Gasteiger partial charge in [0.25, 0.3) is 0 Å². The molecule has 204 valence electrons. The summed E-state index contributed by atoms with van der Waals surface area (Å²) >= 11 is 0. The summed E-state index contributed by atoms with van der Waals surface area (Å²) in [5, 5.41) is 2.62. The number of esters is 2. The standard InChI is InChI=1S/C29H53NO5/c1-5-7-9-11-12-13-14-15-16-18-24(34-29(33)26(30-22-31)20-23(3)4)21-27-25(28(32)35-27)19-17-10-8-6-2/h22-27H,5-21H2,1-4H3,(H,30,31)/t24-,25-,26+,27?/m0/s1. The molecule has 1 fully saturated rings. The van der Waals surface area contributed by atoms with Crippen LogP contribution < -0.4 is 5.32 Å². The van der Waals surface area contributed by atoms with Crippen LogP contribution >= 0.6 is 0 Å². The minimum absolute atomic E-state index is 0.0734. The molecule has 0 spiro atoms. The van der Waals surface area contributed by atoms with Gasteiger partial charge in [0.2, 0.25) is 6.41 Å². The van der Waals surface area contributed by atoms with Crippen LogP contribution in [-0.4, -0.2) is 36.6 Å². The predicted octanol–water partition coefficient (Wildman–Crippen LogP) is 6.88. The zero-order valence-electron chi connectivity index (χ0n) is 23.0. The maximum atomic E-state index is 12.9. The Bertz CT molecular complexity index is 579. The molecule has 35 heavy (non-hydrogen) atoms. The van der Waals surface area contributed by atoms with Gasteiger partial charge in [-0.2, -0.15) is 0 Å². The molecule has 1 N–H and O–H groups in total. The van der Waals surface area contributed by atoms with Crippen molar-refractivity contribution < 1.29 is 23.9 Å². The van der Waals surface area contributed by atoms with Gasteiger partial charge in [-0.05, 0) is 31.6 Å². The van der Waals surface area contributed by atoms with Gasteiger partial charge >= 0.3 is 11.9 Å². The van der Waals surface area contributed by atoms with Crippen molar-refractivity contribution in [2.75, 3.05) is 0 Å². The quantitative estimate of drug-likeness (QED) is 0.0949. The van der Waals surface area contributed by atoms with Crippen molar-refractivity contribution in [3.05, 3.63) is 0 Å². The summed E-state index contributed by atoms with van der Waals surface area (Å²) in [7, 11) is 0. The molecular weight excluding hydrogens is 442 g/mol. The molecule has 4 atom stereocenters. The summed E-state index contributed by atoms with van der Waals surface area (Å²) < 4.78 is 11.4. The first-order valence-electron chi connectivity index (χ1n) is 14.5. The molecule has 1 rings (SSSR count). The summed E-state index contributed by atoms with van der Waals surface area (Å²) in [5.74, 6) is -0.302. The lowest BCUT2D eigenvalue weighted by Crippen LogP contribution is -2.48. The molecule has 1 aliphatic rings.